The van der Waals surface area contributed by atoms with Gasteiger partial charge in [0.25, 0.3) is 0 Å². The van der Waals surface area contributed by atoms with Crippen molar-refractivity contribution in [1.82, 2.24) is 9.88 Å². The van der Waals surface area contributed by atoms with E-state index in [0.717, 1.165) is 34.5 Å². The van der Waals surface area contributed by atoms with Gasteiger partial charge in [-0.2, -0.15) is 0 Å². The minimum Gasteiger partial charge on any atom is -0.496 e. The molecular formula is C25H22N2O4. The van der Waals surface area contributed by atoms with Gasteiger partial charge in [0.2, 0.25) is 5.78 Å². The van der Waals surface area contributed by atoms with Crippen LogP contribution in [0.5, 0.6) is 17.2 Å². The molecule has 1 aromatic heterocycles. The average Bonchev–Trinajstić information content (AvgIpc) is 3.10. The summed E-state index contributed by atoms with van der Waals surface area (Å²) >= 11 is 0. The highest BCUT2D eigenvalue weighted by molar-refractivity contribution is 6.15. The molecule has 0 spiro atoms. The summed E-state index contributed by atoms with van der Waals surface area (Å²) in [7, 11) is 1.61. The highest BCUT2D eigenvalue weighted by Crippen LogP contribution is 2.43. The molecule has 0 aliphatic carbocycles. The molecule has 2 aliphatic rings. The van der Waals surface area contributed by atoms with E-state index in [1.807, 2.05) is 55.6 Å². The Morgan fingerprint density at radius 3 is 2.87 bits per heavy atom. The first-order valence-electron chi connectivity index (χ1n) is 10.1. The van der Waals surface area contributed by atoms with Crippen molar-refractivity contribution < 1.29 is 19.0 Å². The second-order valence-corrected chi connectivity index (χ2v) is 7.67. The number of carbonyl (C=O) groups is 1. The molecule has 6 nitrogen and oxygen atoms in total. The third kappa shape index (κ3) is 3.55. The van der Waals surface area contributed by atoms with Crippen LogP contribution in [0.2, 0.25) is 0 Å². The van der Waals surface area contributed by atoms with Crippen molar-refractivity contribution in [3.05, 3.63) is 88.4 Å². The smallest absolute Gasteiger partial charge is 0.231 e. The summed E-state index contributed by atoms with van der Waals surface area (Å²) in [4.78, 5) is 19.5. The van der Waals surface area contributed by atoms with Crippen molar-refractivity contribution in [2.75, 3.05) is 13.8 Å². The number of carbonyl (C=O) groups excluding carboxylic acids is 1. The predicted octanol–water partition coefficient (Wildman–Crippen LogP) is 4.37. The number of pyridine rings is 1. The van der Waals surface area contributed by atoms with E-state index in [9.17, 15) is 4.79 Å². The zero-order valence-corrected chi connectivity index (χ0v) is 17.4. The number of methoxy groups -OCH3 is 1. The molecule has 0 bridgehead atoms. The molecule has 0 amide bonds. The molecule has 2 aliphatic heterocycles. The van der Waals surface area contributed by atoms with Crippen molar-refractivity contribution >= 4 is 11.9 Å². The van der Waals surface area contributed by atoms with Crippen LogP contribution in [0.4, 0.5) is 0 Å². The number of fused-ring (bicyclic) bond motifs is 2. The number of hydrogen-bond acceptors (Lipinski definition) is 6. The molecule has 0 radical (unpaired) electrons. The molecule has 0 N–H and O–H groups in total. The Hall–Kier alpha value is -3.64. The van der Waals surface area contributed by atoms with Gasteiger partial charge in [0, 0.05) is 42.2 Å². The Morgan fingerprint density at radius 2 is 2.06 bits per heavy atom. The molecule has 0 saturated carbocycles. The molecule has 156 valence electrons. The standard InChI is InChI=1S/C25H22N2O4/c1-16-24-19(14-27(15-30-24)13-17-6-5-9-26-12-17)10-20-23(28)22(31-25(16)20)11-18-7-3-4-8-21(18)29-2/h3-12H,13-15H2,1-2H3/b22-11-. The van der Waals surface area contributed by atoms with Crippen LogP contribution in [-0.2, 0) is 13.1 Å². The number of Topliss-reactive ketones (excluding diaryl/α,β-unsaturated/α-hetero) is 1. The second kappa shape index (κ2) is 7.89. The van der Waals surface area contributed by atoms with E-state index >= 15 is 0 Å². The Bertz CT molecular complexity index is 1190. The highest BCUT2D eigenvalue weighted by atomic mass is 16.5. The van der Waals surface area contributed by atoms with Crippen LogP contribution >= 0.6 is 0 Å². The first-order chi connectivity index (χ1) is 15.1. The summed E-state index contributed by atoms with van der Waals surface area (Å²) in [6, 6.07) is 13.4. The number of allylic oxidation sites excluding steroid dienone is 1. The van der Waals surface area contributed by atoms with Crippen LogP contribution in [0.3, 0.4) is 0 Å². The number of benzene rings is 2. The van der Waals surface area contributed by atoms with Crippen molar-refractivity contribution in [2.45, 2.75) is 20.0 Å². The lowest BCUT2D eigenvalue weighted by Crippen LogP contribution is -2.32. The molecule has 6 heteroatoms. The van der Waals surface area contributed by atoms with Gasteiger partial charge in [0.15, 0.2) is 5.76 Å². The normalized spacial score (nSPS) is 16.5. The maximum Gasteiger partial charge on any atom is 0.231 e. The van der Waals surface area contributed by atoms with Gasteiger partial charge in [0.1, 0.15) is 24.0 Å². The summed E-state index contributed by atoms with van der Waals surface area (Å²) < 4.78 is 17.5. The third-order valence-corrected chi connectivity index (χ3v) is 5.56. The fraction of sp³-hybridized carbons (Fsp3) is 0.200. The maximum atomic E-state index is 13.1. The van der Waals surface area contributed by atoms with E-state index in [-0.39, 0.29) is 11.5 Å². The number of para-hydroxylation sites is 1. The van der Waals surface area contributed by atoms with Gasteiger partial charge in [-0.15, -0.1) is 0 Å². The number of ketones is 1. The van der Waals surface area contributed by atoms with Crippen molar-refractivity contribution in [3.63, 3.8) is 0 Å². The molecule has 5 rings (SSSR count). The monoisotopic (exact) mass is 414 g/mol. The van der Waals surface area contributed by atoms with Crippen molar-refractivity contribution in [1.29, 1.82) is 0 Å². The SMILES string of the molecule is COc1ccccc1/C=C1\Oc2c(cc3c(c2C)OCN(Cc2cccnc2)C3)C1=O. The van der Waals surface area contributed by atoms with E-state index in [2.05, 4.69) is 9.88 Å². The topological polar surface area (TPSA) is 60.9 Å². The zero-order chi connectivity index (χ0) is 21.4. The number of hydrogen-bond donors (Lipinski definition) is 0. The molecule has 3 heterocycles. The van der Waals surface area contributed by atoms with E-state index in [4.69, 9.17) is 14.2 Å². The van der Waals surface area contributed by atoms with Gasteiger partial charge in [-0.1, -0.05) is 24.3 Å². The van der Waals surface area contributed by atoms with Crippen LogP contribution < -0.4 is 14.2 Å². The summed E-state index contributed by atoms with van der Waals surface area (Å²) in [5.74, 6) is 2.22. The first kappa shape index (κ1) is 19.3. The quantitative estimate of drug-likeness (QED) is 0.591. The fourth-order valence-corrected chi connectivity index (χ4v) is 4.07. The molecule has 3 aromatic rings. The van der Waals surface area contributed by atoms with E-state index in [1.165, 1.54) is 0 Å². The Balaban J connectivity index is 1.44. The number of ether oxygens (including phenoxy) is 3. The van der Waals surface area contributed by atoms with Gasteiger partial charge in [-0.3, -0.25) is 14.7 Å². The van der Waals surface area contributed by atoms with E-state index < -0.39 is 0 Å². The zero-order valence-electron chi connectivity index (χ0n) is 17.4. The molecule has 31 heavy (non-hydrogen) atoms. The van der Waals surface area contributed by atoms with Gasteiger partial charge >= 0.3 is 0 Å². The van der Waals surface area contributed by atoms with Gasteiger partial charge in [-0.05, 0) is 36.8 Å². The predicted molar refractivity (Wildman–Crippen MR) is 116 cm³/mol. The number of rotatable bonds is 4. The van der Waals surface area contributed by atoms with E-state index in [0.29, 0.717) is 30.3 Å². The lowest BCUT2D eigenvalue weighted by molar-refractivity contribution is 0.0876. The lowest BCUT2D eigenvalue weighted by atomic mass is 10.00. The van der Waals surface area contributed by atoms with Crippen LogP contribution in [0.25, 0.3) is 6.08 Å². The molecular weight excluding hydrogens is 392 g/mol. The summed E-state index contributed by atoms with van der Waals surface area (Å²) in [5.41, 5.74) is 4.33. The molecule has 0 atom stereocenters. The maximum absolute atomic E-state index is 13.1. The van der Waals surface area contributed by atoms with Crippen molar-refractivity contribution in [3.8, 4) is 17.2 Å². The third-order valence-electron chi connectivity index (χ3n) is 5.56. The molecule has 2 aromatic carbocycles. The number of nitrogens with zero attached hydrogens (tertiary/aromatic N) is 2. The van der Waals surface area contributed by atoms with E-state index in [1.54, 1.807) is 19.4 Å². The lowest BCUT2D eigenvalue weighted by Gasteiger charge is -2.30. The minimum atomic E-state index is -0.129. The summed E-state index contributed by atoms with van der Waals surface area (Å²) in [5, 5.41) is 0. The van der Waals surface area contributed by atoms with Gasteiger partial charge < -0.3 is 14.2 Å². The Kier molecular flexibility index (Phi) is 4.92. The van der Waals surface area contributed by atoms with Gasteiger partial charge in [0.05, 0.1) is 12.7 Å². The van der Waals surface area contributed by atoms with Crippen LogP contribution in [-0.4, -0.2) is 29.5 Å². The molecule has 0 unspecified atom stereocenters. The van der Waals surface area contributed by atoms with Crippen LogP contribution in [0.15, 0.2) is 60.6 Å². The molecule has 0 saturated heterocycles. The second-order valence-electron chi connectivity index (χ2n) is 7.67. The fourth-order valence-electron chi connectivity index (χ4n) is 4.07. The average molecular weight is 414 g/mol. The van der Waals surface area contributed by atoms with Crippen molar-refractivity contribution in [2.24, 2.45) is 0 Å². The van der Waals surface area contributed by atoms with Gasteiger partial charge in [-0.25, -0.2) is 0 Å². The summed E-state index contributed by atoms with van der Waals surface area (Å²) in [6.07, 6.45) is 5.35. The Morgan fingerprint density at radius 1 is 1.19 bits per heavy atom. The largest absolute Gasteiger partial charge is 0.496 e. The highest BCUT2D eigenvalue weighted by Gasteiger charge is 2.33. The number of aromatic nitrogens is 1. The molecule has 0 fully saturated rings. The minimum absolute atomic E-state index is 0.129. The first-order valence-corrected chi connectivity index (χ1v) is 10.1. The summed E-state index contributed by atoms with van der Waals surface area (Å²) in [6.45, 7) is 3.83. The van der Waals surface area contributed by atoms with Crippen LogP contribution in [0.1, 0.15) is 32.6 Å². The van der Waals surface area contributed by atoms with Crippen LogP contribution in [0, 0.1) is 6.92 Å². The Labute approximate surface area is 180 Å².